The zero-order valence-electron chi connectivity index (χ0n) is 12.7. The van der Waals surface area contributed by atoms with Gasteiger partial charge in [-0.3, -0.25) is 10.1 Å². The number of para-hydroxylation sites is 1. The van der Waals surface area contributed by atoms with Crippen molar-refractivity contribution in [3.05, 3.63) is 45.5 Å². The van der Waals surface area contributed by atoms with Crippen LogP contribution in [0.25, 0.3) is 6.08 Å². The molecule has 0 spiro atoms. The average Bonchev–Trinajstić information content (AvgIpc) is 2.52. The highest BCUT2D eigenvalue weighted by atomic mass is 16.6. The summed E-state index contributed by atoms with van der Waals surface area (Å²) in [7, 11) is 0. The molecular formula is C17H24N2O2. The van der Waals surface area contributed by atoms with Crippen molar-refractivity contribution in [2.75, 3.05) is 13.1 Å². The van der Waals surface area contributed by atoms with Crippen LogP contribution in [0.3, 0.4) is 0 Å². The van der Waals surface area contributed by atoms with E-state index in [9.17, 15) is 10.1 Å². The molecule has 1 saturated carbocycles. The number of benzene rings is 1. The lowest BCUT2D eigenvalue weighted by Crippen LogP contribution is -2.22. The fraction of sp³-hybridized carbons (Fsp3) is 0.529. The smallest absolute Gasteiger partial charge is 0.276 e. The molecule has 1 aromatic carbocycles. The van der Waals surface area contributed by atoms with Crippen LogP contribution in [0.2, 0.25) is 0 Å². The lowest BCUT2D eigenvalue weighted by Gasteiger charge is -2.25. The first-order chi connectivity index (χ1) is 10.2. The van der Waals surface area contributed by atoms with Gasteiger partial charge in [0.15, 0.2) is 0 Å². The second-order valence-corrected chi connectivity index (χ2v) is 5.65. The lowest BCUT2D eigenvalue weighted by molar-refractivity contribution is -0.385. The SMILES string of the molecule is CCNC/C(=C/c1ccccc1[N+](=O)[O-])C1CCCCC1. The van der Waals surface area contributed by atoms with Gasteiger partial charge in [0, 0.05) is 12.6 Å². The molecule has 0 saturated heterocycles. The van der Waals surface area contributed by atoms with E-state index >= 15 is 0 Å². The summed E-state index contributed by atoms with van der Waals surface area (Å²) in [5.74, 6) is 0.567. The molecule has 0 unspecified atom stereocenters. The van der Waals surface area contributed by atoms with Gasteiger partial charge in [0.2, 0.25) is 0 Å². The third-order valence-electron chi connectivity index (χ3n) is 4.18. The zero-order valence-corrected chi connectivity index (χ0v) is 12.7. The quantitative estimate of drug-likeness (QED) is 0.631. The predicted molar refractivity (Wildman–Crippen MR) is 86.2 cm³/mol. The van der Waals surface area contributed by atoms with Crippen LogP contribution in [0, 0.1) is 16.0 Å². The van der Waals surface area contributed by atoms with E-state index in [4.69, 9.17) is 0 Å². The van der Waals surface area contributed by atoms with Crippen LogP contribution in [-0.2, 0) is 0 Å². The van der Waals surface area contributed by atoms with Crippen molar-refractivity contribution in [3.63, 3.8) is 0 Å². The normalized spacial score (nSPS) is 16.9. The predicted octanol–water partition coefficient (Wildman–Crippen LogP) is 4.17. The Morgan fingerprint density at radius 2 is 2.05 bits per heavy atom. The van der Waals surface area contributed by atoms with Crippen molar-refractivity contribution in [2.45, 2.75) is 39.0 Å². The molecule has 0 atom stereocenters. The number of nitro groups is 1. The molecular weight excluding hydrogens is 264 g/mol. The molecule has 4 nitrogen and oxygen atoms in total. The Morgan fingerprint density at radius 1 is 1.33 bits per heavy atom. The first-order valence-corrected chi connectivity index (χ1v) is 7.87. The van der Waals surface area contributed by atoms with E-state index in [1.807, 2.05) is 18.2 Å². The van der Waals surface area contributed by atoms with E-state index < -0.39 is 0 Å². The van der Waals surface area contributed by atoms with Crippen LogP contribution in [-0.4, -0.2) is 18.0 Å². The van der Waals surface area contributed by atoms with Crippen molar-refractivity contribution >= 4 is 11.8 Å². The summed E-state index contributed by atoms with van der Waals surface area (Å²) in [5, 5.41) is 14.5. The Hall–Kier alpha value is -1.68. The number of rotatable bonds is 6. The minimum Gasteiger partial charge on any atom is -0.313 e. The Balaban J connectivity index is 2.28. The van der Waals surface area contributed by atoms with Crippen molar-refractivity contribution < 1.29 is 4.92 Å². The first kappa shape index (κ1) is 15.7. The molecule has 1 aromatic rings. The fourth-order valence-corrected chi connectivity index (χ4v) is 3.03. The largest absolute Gasteiger partial charge is 0.313 e. The summed E-state index contributed by atoms with van der Waals surface area (Å²) in [6.07, 6.45) is 8.30. The van der Waals surface area contributed by atoms with Gasteiger partial charge in [0.05, 0.1) is 10.5 Å². The summed E-state index contributed by atoms with van der Waals surface area (Å²) in [4.78, 5) is 10.9. The number of likely N-dealkylation sites (N-methyl/N-ethyl adjacent to an activating group) is 1. The second-order valence-electron chi connectivity index (χ2n) is 5.65. The molecule has 0 aliphatic heterocycles. The van der Waals surface area contributed by atoms with E-state index in [1.165, 1.54) is 37.7 Å². The van der Waals surface area contributed by atoms with Gasteiger partial charge in [-0.25, -0.2) is 0 Å². The molecule has 1 fully saturated rings. The maximum absolute atomic E-state index is 11.2. The summed E-state index contributed by atoms with van der Waals surface area (Å²) in [5.41, 5.74) is 2.23. The Bertz CT molecular complexity index is 505. The minimum atomic E-state index is -0.294. The van der Waals surface area contributed by atoms with Crippen LogP contribution in [0.15, 0.2) is 29.8 Å². The maximum atomic E-state index is 11.2. The molecule has 0 amide bonds. The van der Waals surface area contributed by atoms with Gasteiger partial charge in [-0.1, -0.05) is 43.9 Å². The molecule has 1 N–H and O–H groups in total. The van der Waals surface area contributed by atoms with Gasteiger partial charge in [0.1, 0.15) is 0 Å². The van der Waals surface area contributed by atoms with Gasteiger partial charge >= 0.3 is 0 Å². The molecule has 21 heavy (non-hydrogen) atoms. The number of hydrogen-bond acceptors (Lipinski definition) is 3. The van der Waals surface area contributed by atoms with Crippen LogP contribution >= 0.6 is 0 Å². The first-order valence-electron chi connectivity index (χ1n) is 7.87. The molecule has 4 heteroatoms. The highest BCUT2D eigenvalue weighted by Gasteiger charge is 2.19. The van der Waals surface area contributed by atoms with E-state index in [-0.39, 0.29) is 10.6 Å². The minimum absolute atomic E-state index is 0.197. The standard InChI is InChI=1S/C17H24N2O2/c1-2-18-13-16(14-8-4-3-5-9-14)12-15-10-6-7-11-17(15)19(20)21/h6-7,10-12,14,18H,2-5,8-9,13H2,1H3/b16-12-. The third kappa shape index (κ3) is 4.39. The average molecular weight is 288 g/mol. The van der Waals surface area contributed by atoms with Crippen LogP contribution in [0.4, 0.5) is 5.69 Å². The Kier molecular flexibility index (Phi) is 5.93. The number of nitrogens with zero attached hydrogens (tertiary/aromatic N) is 1. The van der Waals surface area contributed by atoms with Gasteiger partial charge in [0.25, 0.3) is 5.69 Å². The van der Waals surface area contributed by atoms with Crippen molar-refractivity contribution in [1.82, 2.24) is 5.32 Å². The zero-order chi connectivity index (χ0) is 15.1. The highest BCUT2D eigenvalue weighted by Crippen LogP contribution is 2.32. The molecule has 1 aliphatic carbocycles. The topological polar surface area (TPSA) is 55.2 Å². The van der Waals surface area contributed by atoms with Crippen molar-refractivity contribution in [3.8, 4) is 0 Å². The molecule has 0 heterocycles. The van der Waals surface area contributed by atoms with Crippen molar-refractivity contribution in [1.29, 1.82) is 0 Å². The third-order valence-corrected chi connectivity index (χ3v) is 4.18. The molecule has 0 radical (unpaired) electrons. The molecule has 114 valence electrons. The second kappa shape index (κ2) is 7.93. The summed E-state index contributed by atoms with van der Waals surface area (Å²) in [6, 6.07) is 7.01. The molecule has 0 aromatic heterocycles. The molecule has 0 bridgehead atoms. The summed E-state index contributed by atoms with van der Waals surface area (Å²) in [6.45, 7) is 3.83. The maximum Gasteiger partial charge on any atom is 0.276 e. The van der Waals surface area contributed by atoms with Gasteiger partial charge in [-0.15, -0.1) is 0 Å². The summed E-state index contributed by atoms with van der Waals surface area (Å²) < 4.78 is 0. The van der Waals surface area contributed by atoms with Crippen LogP contribution in [0.1, 0.15) is 44.6 Å². The Labute approximate surface area is 126 Å². The Morgan fingerprint density at radius 3 is 2.71 bits per heavy atom. The van der Waals surface area contributed by atoms with E-state index in [0.717, 1.165) is 18.7 Å². The molecule has 1 aliphatic rings. The van der Waals surface area contributed by atoms with Gasteiger partial charge in [-0.05, 0) is 37.4 Å². The number of nitro benzene ring substituents is 1. The number of hydrogen-bond donors (Lipinski definition) is 1. The highest BCUT2D eigenvalue weighted by molar-refractivity contribution is 5.63. The summed E-state index contributed by atoms with van der Waals surface area (Å²) >= 11 is 0. The monoisotopic (exact) mass is 288 g/mol. The van der Waals surface area contributed by atoms with E-state index in [0.29, 0.717) is 5.92 Å². The van der Waals surface area contributed by atoms with Crippen molar-refractivity contribution in [2.24, 2.45) is 5.92 Å². The van der Waals surface area contributed by atoms with E-state index in [1.54, 1.807) is 12.1 Å². The van der Waals surface area contributed by atoms with E-state index in [2.05, 4.69) is 12.2 Å². The van der Waals surface area contributed by atoms with Gasteiger partial charge in [-0.2, -0.15) is 0 Å². The molecule has 2 rings (SSSR count). The fourth-order valence-electron chi connectivity index (χ4n) is 3.03. The van der Waals surface area contributed by atoms with Gasteiger partial charge < -0.3 is 5.32 Å². The van der Waals surface area contributed by atoms with Crippen LogP contribution in [0.5, 0.6) is 0 Å². The number of nitrogens with one attached hydrogen (secondary N) is 1. The lowest BCUT2D eigenvalue weighted by atomic mass is 9.83. The van der Waals surface area contributed by atoms with Crippen LogP contribution < -0.4 is 5.32 Å².